The molecule has 0 bridgehead atoms. The molecule has 0 aliphatic heterocycles. The molecule has 0 unspecified atom stereocenters. The van der Waals surface area contributed by atoms with Crippen molar-refractivity contribution in [3.63, 3.8) is 0 Å². The number of benzene rings is 1. The summed E-state index contributed by atoms with van der Waals surface area (Å²) in [5, 5.41) is 11.8. The van der Waals surface area contributed by atoms with Crippen LogP contribution >= 0.6 is 0 Å². The van der Waals surface area contributed by atoms with E-state index in [1.807, 2.05) is 0 Å². The predicted octanol–water partition coefficient (Wildman–Crippen LogP) is 3.35. The highest BCUT2D eigenvalue weighted by Crippen LogP contribution is 2.21. The first kappa shape index (κ1) is 13.1. The topological polar surface area (TPSA) is 62.5 Å². The SMILES string of the molecule is Cc1cccc(F)c1NCc1cc(C(=O)O)c(C)o1. The number of anilines is 1. The maximum absolute atomic E-state index is 13.6. The number of hydrogen-bond donors (Lipinski definition) is 2. The molecule has 2 rings (SSSR count). The summed E-state index contributed by atoms with van der Waals surface area (Å²) >= 11 is 0. The second-order valence-electron chi connectivity index (χ2n) is 4.27. The zero-order valence-electron chi connectivity index (χ0n) is 10.7. The zero-order chi connectivity index (χ0) is 14.0. The fourth-order valence-corrected chi connectivity index (χ4v) is 1.87. The molecule has 0 spiro atoms. The highest BCUT2D eigenvalue weighted by atomic mass is 19.1. The molecule has 0 saturated heterocycles. The number of carbonyl (C=O) groups is 1. The molecule has 2 N–H and O–H groups in total. The fraction of sp³-hybridized carbons (Fsp3) is 0.214. The summed E-state index contributed by atoms with van der Waals surface area (Å²) in [6, 6.07) is 6.24. The predicted molar refractivity (Wildman–Crippen MR) is 68.9 cm³/mol. The molecule has 1 aromatic heterocycles. The summed E-state index contributed by atoms with van der Waals surface area (Å²) in [5.41, 5.74) is 1.30. The average molecular weight is 263 g/mol. The molecule has 0 aliphatic rings. The van der Waals surface area contributed by atoms with Crippen LogP contribution in [0, 0.1) is 19.7 Å². The lowest BCUT2D eigenvalue weighted by molar-refractivity contribution is 0.0695. The lowest BCUT2D eigenvalue weighted by Crippen LogP contribution is -2.02. The van der Waals surface area contributed by atoms with E-state index < -0.39 is 5.97 Å². The molecule has 0 radical (unpaired) electrons. The van der Waals surface area contributed by atoms with Gasteiger partial charge in [0.2, 0.25) is 0 Å². The first-order valence-corrected chi connectivity index (χ1v) is 5.80. The second-order valence-corrected chi connectivity index (χ2v) is 4.27. The average Bonchev–Trinajstić information content (AvgIpc) is 2.70. The Bertz CT molecular complexity index is 599. The van der Waals surface area contributed by atoms with Gasteiger partial charge in [-0.1, -0.05) is 12.1 Å². The van der Waals surface area contributed by atoms with Crippen LogP contribution in [0.2, 0.25) is 0 Å². The first-order valence-electron chi connectivity index (χ1n) is 5.80. The van der Waals surface area contributed by atoms with Gasteiger partial charge in [0.25, 0.3) is 0 Å². The Morgan fingerprint density at radius 3 is 2.74 bits per heavy atom. The van der Waals surface area contributed by atoms with Gasteiger partial charge in [0.05, 0.1) is 12.2 Å². The van der Waals surface area contributed by atoms with Crippen LogP contribution in [0.5, 0.6) is 0 Å². The number of hydrogen-bond acceptors (Lipinski definition) is 3. The number of aromatic carboxylic acids is 1. The maximum Gasteiger partial charge on any atom is 0.339 e. The molecule has 0 saturated carbocycles. The van der Waals surface area contributed by atoms with E-state index in [4.69, 9.17) is 9.52 Å². The lowest BCUT2D eigenvalue weighted by atomic mass is 10.2. The van der Waals surface area contributed by atoms with Gasteiger partial charge in [0.1, 0.15) is 22.9 Å². The number of aryl methyl sites for hydroxylation is 2. The number of rotatable bonds is 4. The quantitative estimate of drug-likeness (QED) is 0.888. The monoisotopic (exact) mass is 263 g/mol. The van der Waals surface area contributed by atoms with Crippen LogP contribution in [0.15, 0.2) is 28.7 Å². The van der Waals surface area contributed by atoms with Crippen LogP contribution in [0.3, 0.4) is 0 Å². The third-order valence-corrected chi connectivity index (χ3v) is 2.86. The van der Waals surface area contributed by atoms with Crippen molar-refractivity contribution in [3.8, 4) is 0 Å². The molecule has 100 valence electrons. The Balaban J connectivity index is 2.15. The van der Waals surface area contributed by atoms with Gasteiger partial charge in [-0.05, 0) is 31.5 Å². The molecule has 4 nitrogen and oxygen atoms in total. The zero-order valence-corrected chi connectivity index (χ0v) is 10.7. The third kappa shape index (κ3) is 2.76. The number of nitrogens with one attached hydrogen (secondary N) is 1. The van der Waals surface area contributed by atoms with Gasteiger partial charge in [-0.15, -0.1) is 0 Å². The number of halogens is 1. The molecule has 1 aromatic carbocycles. The van der Waals surface area contributed by atoms with Crippen molar-refractivity contribution >= 4 is 11.7 Å². The minimum Gasteiger partial charge on any atom is -0.478 e. The summed E-state index contributed by atoms with van der Waals surface area (Å²) in [4.78, 5) is 10.9. The molecule has 19 heavy (non-hydrogen) atoms. The Kier molecular flexibility index (Phi) is 3.55. The molecule has 5 heteroatoms. The minimum atomic E-state index is -1.03. The van der Waals surface area contributed by atoms with Crippen LogP contribution < -0.4 is 5.32 Å². The van der Waals surface area contributed by atoms with E-state index in [2.05, 4.69) is 5.32 Å². The van der Waals surface area contributed by atoms with Crippen molar-refractivity contribution in [1.82, 2.24) is 0 Å². The number of furan rings is 1. The smallest absolute Gasteiger partial charge is 0.339 e. The molecule has 0 aliphatic carbocycles. The van der Waals surface area contributed by atoms with Crippen molar-refractivity contribution < 1.29 is 18.7 Å². The minimum absolute atomic E-state index is 0.127. The molecular formula is C14H14FNO3. The van der Waals surface area contributed by atoms with Gasteiger partial charge in [-0.3, -0.25) is 0 Å². The lowest BCUT2D eigenvalue weighted by Gasteiger charge is -2.08. The standard InChI is InChI=1S/C14H14FNO3/c1-8-4-3-5-12(15)13(8)16-7-10-6-11(14(17)18)9(2)19-10/h3-6,16H,7H2,1-2H3,(H,17,18). The summed E-state index contributed by atoms with van der Waals surface area (Å²) in [6.07, 6.45) is 0. The number of carboxylic acid groups (broad SMARTS) is 1. The molecule has 0 amide bonds. The van der Waals surface area contributed by atoms with Crippen LogP contribution in [0.25, 0.3) is 0 Å². The van der Waals surface area contributed by atoms with E-state index in [1.165, 1.54) is 12.1 Å². The van der Waals surface area contributed by atoms with Crippen LogP contribution in [-0.2, 0) is 6.54 Å². The van der Waals surface area contributed by atoms with E-state index in [0.717, 1.165) is 5.56 Å². The van der Waals surface area contributed by atoms with Gasteiger partial charge in [-0.2, -0.15) is 0 Å². The largest absolute Gasteiger partial charge is 0.478 e. The molecular weight excluding hydrogens is 249 g/mol. The van der Waals surface area contributed by atoms with Gasteiger partial charge in [-0.25, -0.2) is 9.18 Å². The van der Waals surface area contributed by atoms with Crippen molar-refractivity contribution in [1.29, 1.82) is 0 Å². The van der Waals surface area contributed by atoms with E-state index in [0.29, 0.717) is 17.2 Å². The maximum atomic E-state index is 13.6. The van der Waals surface area contributed by atoms with Crippen molar-refractivity contribution in [3.05, 3.63) is 52.7 Å². The molecule has 0 fully saturated rings. The highest BCUT2D eigenvalue weighted by Gasteiger charge is 2.14. The third-order valence-electron chi connectivity index (χ3n) is 2.86. The Morgan fingerprint density at radius 2 is 2.16 bits per heavy atom. The van der Waals surface area contributed by atoms with Gasteiger partial charge in [0.15, 0.2) is 0 Å². The van der Waals surface area contributed by atoms with Gasteiger partial charge >= 0.3 is 5.97 Å². The number of carboxylic acids is 1. The van der Waals surface area contributed by atoms with E-state index >= 15 is 0 Å². The summed E-state index contributed by atoms with van der Waals surface area (Å²) < 4.78 is 18.9. The normalized spacial score (nSPS) is 10.5. The van der Waals surface area contributed by atoms with Crippen molar-refractivity contribution in [2.45, 2.75) is 20.4 Å². The molecule has 1 heterocycles. The van der Waals surface area contributed by atoms with Crippen LogP contribution in [0.1, 0.15) is 27.4 Å². The van der Waals surface area contributed by atoms with E-state index in [-0.39, 0.29) is 17.9 Å². The fourth-order valence-electron chi connectivity index (χ4n) is 1.87. The van der Waals surface area contributed by atoms with Crippen molar-refractivity contribution in [2.24, 2.45) is 0 Å². The summed E-state index contributed by atoms with van der Waals surface area (Å²) in [7, 11) is 0. The first-order chi connectivity index (χ1) is 8.99. The van der Waals surface area contributed by atoms with E-state index in [1.54, 1.807) is 26.0 Å². The van der Waals surface area contributed by atoms with E-state index in [9.17, 15) is 9.18 Å². The van der Waals surface area contributed by atoms with Gasteiger partial charge in [0, 0.05) is 0 Å². The van der Waals surface area contributed by atoms with Crippen LogP contribution in [0.4, 0.5) is 10.1 Å². The van der Waals surface area contributed by atoms with Gasteiger partial charge < -0.3 is 14.8 Å². The molecule has 2 aromatic rings. The van der Waals surface area contributed by atoms with Crippen LogP contribution in [-0.4, -0.2) is 11.1 Å². The van der Waals surface area contributed by atoms with Crippen molar-refractivity contribution in [2.75, 3.05) is 5.32 Å². The second kappa shape index (κ2) is 5.14. The highest BCUT2D eigenvalue weighted by molar-refractivity contribution is 5.88. The number of para-hydroxylation sites is 1. The summed E-state index contributed by atoms with van der Waals surface area (Å²) in [5.74, 6) is -0.580. The Hall–Kier alpha value is -2.30. The Morgan fingerprint density at radius 1 is 1.42 bits per heavy atom. The summed E-state index contributed by atoms with van der Waals surface area (Å²) in [6.45, 7) is 3.61. The molecule has 0 atom stereocenters. The Labute approximate surface area is 109 Å².